The number of aromatic nitrogens is 1. The minimum Gasteiger partial charge on any atom is -0.456 e. The number of amides is 2. The smallest absolute Gasteiger partial charge is 0.387 e. The number of nitriles is 1. The highest BCUT2D eigenvalue weighted by Crippen LogP contribution is 2.16. The van der Waals surface area contributed by atoms with Gasteiger partial charge in [0.15, 0.2) is 6.61 Å². The fourth-order valence-corrected chi connectivity index (χ4v) is 2.89. The van der Waals surface area contributed by atoms with Crippen molar-refractivity contribution in [2.45, 2.75) is 33.3 Å². The number of imide groups is 1. The van der Waals surface area contributed by atoms with Gasteiger partial charge in [0.25, 0.3) is 17.4 Å². The summed E-state index contributed by atoms with van der Waals surface area (Å²) in [6.45, 7) is -0.463. The molecule has 0 fully saturated rings. The summed E-state index contributed by atoms with van der Waals surface area (Å²) in [6, 6.07) is 6.48. The lowest BCUT2D eigenvalue weighted by Gasteiger charge is -2.11. The molecular weight excluding hydrogens is 428 g/mol. The summed E-state index contributed by atoms with van der Waals surface area (Å²) in [7, 11) is 0. The summed E-state index contributed by atoms with van der Waals surface area (Å²) >= 11 is 0. The molecule has 0 saturated carbocycles. The SMILES string of the molecule is Cc1[nH]c(=O)c(C#N)c(C)c1CCC(=O)OCC(=O)NC(=O)c1ccc(OC(F)F)cc1. The lowest BCUT2D eigenvalue weighted by molar-refractivity contribution is -0.148. The monoisotopic (exact) mass is 447 g/mol. The highest BCUT2D eigenvalue weighted by molar-refractivity contribution is 6.05. The summed E-state index contributed by atoms with van der Waals surface area (Å²) in [4.78, 5) is 50.1. The third-order valence-corrected chi connectivity index (χ3v) is 4.46. The summed E-state index contributed by atoms with van der Waals surface area (Å²) < 4.78 is 33.3. The van der Waals surface area contributed by atoms with Crippen molar-refractivity contribution in [1.29, 1.82) is 5.26 Å². The quantitative estimate of drug-likeness (QED) is 0.589. The van der Waals surface area contributed by atoms with Gasteiger partial charge in [-0.15, -0.1) is 0 Å². The molecule has 1 heterocycles. The lowest BCUT2D eigenvalue weighted by Crippen LogP contribution is -2.34. The van der Waals surface area contributed by atoms with Gasteiger partial charge in [-0.1, -0.05) is 0 Å². The molecule has 0 atom stereocenters. The number of halogens is 2. The molecule has 2 N–H and O–H groups in total. The van der Waals surface area contributed by atoms with Gasteiger partial charge in [0.1, 0.15) is 17.4 Å². The van der Waals surface area contributed by atoms with Crippen LogP contribution in [0, 0.1) is 25.2 Å². The van der Waals surface area contributed by atoms with Gasteiger partial charge in [-0.25, -0.2) is 0 Å². The zero-order valence-corrected chi connectivity index (χ0v) is 17.2. The number of benzene rings is 1. The molecule has 1 aromatic carbocycles. The molecule has 9 nitrogen and oxygen atoms in total. The number of aryl methyl sites for hydroxylation is 1. The maximum atomic E-state index is 12.1. The second kappa shape index (κ2) is 10.8. The third kappa shape index (κ3) is 6.46. The minimum atomic E-state index is -3.00. The Morgan fingerprint density at radius 1 is 1.19 bits per heavy atom. The van der Waals surface area contributed by atoms with E-state index in [1.54, 1.807) is 13.8 Å². The Bertz CT molecular complexity index is 1120. The molecule has 11 heteroatoms. The van der Waals surface area contributed by atoms with E-state index in [-0.39, 0.29) is 29.7 Å². The number of nitrogens with one attached hydrogen (secondary N) is 2. The molecule has 0 saturated heterocycles. The number of aromatic amines is 1. The molecule has 2 aromatic rings. The third-order valence-electron chi connectivity index (χ3n) is 4.46. The van der Waals surface area contributed by atoms with Crippen LogP contribution in [0.2, 0.25) is 0 Å². The van der Waals surface area contributed by atoms with Crippen LogP contribution in [0.1, 0.15) is 39.2 Å². The summed E-state index contributed by atoms with van der Waals surface area (Å²) in [5.41, 5.74) is 1.08. The number of H-pyrrole nitrogens is 1. The first-order valence-electron chi connectivity index (χ1n) is 9.29. The molecule has 0 aliphatic rings. The van der Waals surface area contributed by atoms with E-state index < -0.39 is 36.6 Å². The zero-order valence-electron chi connectivity index (χ0n) is 17.2. The molecular formula is C21H19F2N3O6. The number of hydrogen-bond donors (Lipinski definition) is 2. The van der Waals surface area contributed by atoms with E-state index in [2.05, 4.69) is 9.72 Å². The van der Waals surface area contributed by atoms with Crippen LogP contribution in [0.4, 0.5) is 8.78 Å². The molecule has 0 radical (unpaired) electrons. The highest BCUT2D eigenvalue weighted by atomic mass is 19.3. The van der Waals surface area contributed by atoms with Crippen molar-refractivity contribution in [2.24, 2.45) is 0 Å². The number of carbonyl (C=O) groups is 3. The van der Waals surface area contributed by atoms with Crippen molar-refractivity contribution in [3.05, 3.63) is 62.6 Å². The van der Waals surface area contributed by atoms with E-state index in [1.165, 1.54) is 12.1 Å². The number of nitrogens with zero attached hydrogens (tertiary/aromatic N) is 1. The predicted octanol–water partition coefficient (Wildman–Crippen LogP) is 1.90. The first-order valence-corrected chi connectivity index (χ1v) is 9.29. The number of rotatable bonds is 8. The molecule has 0 unspecified atom stereocenters. The minimum absolute atomic E-state index is 0.0172. The van der Waals surface area contributed by atoms with Gasteiger partial charge in [-0.3, -0.25) is 24.5 Å². The number of esters is 1. The Morgan fingerprint density at radius 2 is 1.84 bits per heavy atom. The average molecular weight is 447 g/mol. The van der Waals surface area contributed by atoms with Crippen molar-refractivity contribution >= 4 is 17.8 Å². The molecule has 2 amide bonds. The second-order valence-electron chi connectivity index (χ2n) is 6.61. The Labute approximate surface area is 181 Å². The molecule has 1 aromatic heterocycles. The maximum absolute atomic E-state index is 12.1. The van der Waals surface area contributed by atoms with Gasteiger partial charge in [0.2, 0.25) is 0 Å². The first kappa shape index (κ1) is 24.2. The van der Waals surface area contributed by atoms with E-state index in [9.17, 15) is 28.0 Å². The van der Waals surface area contributed by atoms with Gasteiger partial charge in [0.05, 0.1) is 0 Å². The summed E-state index contributed by atoms with van der Waals surface area (Å²) in [5, 5.41) is 11.1. The van der Waals surface area contributed by atoms with Crippen molar-refractivity contribution < 1.29 is 32.6 Å². The number of carbonyl (C=O) groups excluding carboxylic acids is 3. The summed E-state index contributed by atoms with van der Waals surface area (Å²) in [5.74, 6) is -2.55. The van der Waals surface area contributed by atoms with Gasteiger partial charge < -0.3 is 14.5 Å². The van der Waals surface area contributed by atoms with Crippen molar-refractivity contribution in [2.75, 3.05) is 6.61 Å². The van der Waals surface area contributed by atoms with Crippen LogP contribution in [0.25, 0.3) is 0 Å². The van der Waals surface area contributed by atoms with Crippen LogP contribution in [0.15, 0.2) is 29.1 Å². The van der Waals surface area contributed by atoms with E-state index in [0.29, 0.717) is 16.8 Å². The largest absolute Gasteiger partial charge is 0.456 e. The van der Waals surface area contributed by atoms with E-state index in [0.717, 1.165) is 12.1 Å². The number of alkyl halides is 2. The topological polar surface area (TPSA) is 138 Å². The van der Waals surface area contributed by atoms with Crippen LogP contribution in [-0.2, 0) is 20.7 Å². The van der Waals surface area contributed by atoms with Crippen LogP contribution >= 0.6 is 0 Å². The fourth-order valence-electron chi connectivity index (χ4n) is 2.89. The van der Waals surface area contributed by atoms with Gasteiger partial charge in [-0.05, 0) is 55.7 Å². The standard InChI is InChI=1S/C21H19F2N3O6/c1-11-15(12(2)25-20(30)16(11)9-24)7-8-18(28)31-10-17(27)26-19(29)13-3-5-14(6-4-13)32-21(22)23/h3-6,21H,7-8,10H2,1-2H3,(H,25,30)(H,26,27,29). The van der Waals surface area contributed by atoms with Crippen LogP contribution in [0.3, 0.4) is 0 Å². The first-order chi connectivity index (χ1) is 15.1. The van der Waals surface area contributed by atoms with Crippen LogP contribution in [0.5, 0.6) is 5.75 Å². The highest BCUT2D eigenvalue weighted by Gasteiger charge is 2.16. The van der Waals surface area contributed by atoms with Gasteiger partial charge in [-0.2, -0.15) is 14.0 Å². The van der Waals surface area contributed by atoms with Crippen molar-refractivity contribution in [1.82, 2.24) is 10.3 Å². The zero-order chi connectivity index (χ0) is 23.8. The number of ether oxygens (including phenoxy) is 2. The summed E-state index contributed by atoms with van der Waals surface area (Å²) in [6.07, 6.45) is 0.0565. The maximum Gasteiger partial charge on any atom is 0.387 e. The Balaban J connectivity index is 1.85. The average Bonchev–Trinajstić information content (AvgIpc) is 2.72. The Morgan fingerprint density at radius 3 is 2.44 bits per heavy atom. The van der Waals surface area contributed by atoms with Crippen LogP contribution in [-0.4, -0.2) is 36.0 Å². The van der Waals surface area contributed by atoms with Gasteiger partial charge >= 0.3 is 12.6 Å². The molecule has 0 aliphatic heterocycles. The normalized spacial score (nSPS) is 10.4. The van der Waals surface area contributed by atoms with Crippen LogP contribution < -0.4 is 15.6 Å². The van der Waals surface area contributed by atoms with Gasteiger partial charge in [0, 0.05) is 17.7 Å². The lowest BCUT2D eigenvalue weighted by atomic mass is 9.99. The van der Waals surface area contributed by atoms with E-state index in [4.69, 9.17) is 10.00 Å². The molecule has 168 valence electrons. The Kier molecular flexibility index (Phi) is 8.17. The Hall–Kier alpha value is -4.07. The van der Waals surface area contributed by atoms with E-state index in [1.807, 2.05) is 11.4 Å². The number of hydrogen-bond acceptors (Lipinski definition) is 7. The van der Waals surface area contributed by atoms with Crippen molar-refractivity contribution in [3.8, 4) is 11.8 Å². The van der Waals surface area contributed by atoms with Crippen molar-refractivity contribution in [3.63, 3.8) is 0 Å². The fraction of sp³-hybridized carbons (Fsp3) is 0.286. The second-order valence-corrected chi connectivity index (χ2v) is 6.61. The predicted molar refractivity (Wildman–Crippen MR) is 106 cm³/mol. The molecule has 32 heavy (non-hydrogen) atoms. The molecule has 0 aliphatic carbocycles. The molecule has 0 bridgehead atoms. The molecule has 0 spiro atoms. The van der Waals surface area contributed by atoms with E-state index >= 15 is 0 Å². The molecule has 2 rings (SSSR count). The number of pyridine rings is 1.